The molecule has 2 rings (SSSR count). The maximum atomic E-state index is 11.9. The topological polar surface area (TPSA) is 78.4 Å². The van der Waals surface area contributed by atoms with E-state index in [2.05, 4.69) is 10.6 Å². The number of hydrogen-bond acceptors (Lipinski definition) is 3. The molecule has 3 N–H and O–H groups in total. The SMILES string of the molecule is CCc1cccc(NC(=O)C(=O)NCC(O)c2cccc(C)c2)c1. The van der Waals surface area contributed by atoms with Crippen molar-refractivity contribution in [2.75, 3.05) is 11.9 Å². The Labute approximate surface area is 141 Å². The first kappa shape index (κ1) is 17.7. The fourth-order valence-corrected chi connectivity index (χ4v) is 2.32. The first-order valence-electron chi connectivity index (χ1n) is 7.92. The zero-order valence-corrected chi connectivity index (χ0v) is 13.9. The average molecular weight is 326 g/mol. The molecule has 0 spiro atoms. The van der Waals surface area contributed by atoms with Gasteiger partial charge in [0, 0.05) is 12.2 Å². The number of amides is 2. The van der Waals surface area contributed by atoms with Gasteiger partial charge in [-0.15, -0.1) is 0 Å². The van der Waals surface area contributed by atoms with Crippen LogP contribution in [0.1, 0.15) is 29.7 Å². The minimum Gasteiger partial charge on any atom is -0.387 e. The Morgan fingerprint density at radius 3 is 2.54 bits per heavy atom. The summed E-state index contributed by atoms with van der Waals surface area (Å²) in [6, 6.07) is 14.7. The Morgan fingerprint density at radius 2 is 1.83 bits per heavy atom. The van der Waals surface area contributed by atoms with Gasteiger partial charge in [0.1, 0.15) is 0 Å². The molecule has 5 nitrogen and oxygen atoms in total. The molecule has 0 saturated carbocycles. The number of hydrogen-bond donors (Lipinski definition) is 3. The van der Waals surface area contributed by atoms with E-state index in [1.807, 2.05) is 50.2 Å². The second kappa shape index (κ2) is 8.26. The number of anilines is 1. The monoisotopic (exact) mass is 326 g/mol. The van der Waals surface area contributed by atoms with Crippen molar-refractivity contribution in [2.24, 2.45) is 0 Å². The second-order valence-corrected chi connectivity index (χ2v) is 5.65. The molecule has 0 aliphatic heterocycles. The van der Waals surface area contributed by atoms with Gasteiger partial charge in [-0.1, -0.05) is 48.9 Å². The van der Waals surface area contributed by atoms with Gasteiger partial charge < -0.3 is 15.7 Å². The Kier molecular flexibility index (Phi) is 6.09. The highest BCUT2D eigenvalue weighted by molar-refractivity contribution is 6.39. The zero-order chi connectivity index (χ0) is 17.5. The lowest BCUT2D eigenvalue weighted by Gasteiger charge is -2.13. The molecule has 0 heterocycles. The predicted octanol–water partition coefficient (Wildman–Crippen LogP) is 2.35. The van der Waals surface area contributed by atoms with Crippen LogP contribution in [0, 0.1) is 6.92 Å². The molecular weight excluding hydrogens is 304 g/mol. The second-order valence-electron chi connectivity index (χ2n) is 5.65. The molecule has 0 saturated heterocycles. The van der Waals surface area contributed by atoms with Crippen LogP contribution in [-0.4, -0.2) is 23.5 Å². The lowest BCUT2D eigenvalue weighted by atomic mass is 10.1. The number of carbonyl (C=O) groups is 2. The molecule has 0 aromatic heterocycles. The van der Waals surface area contributed by atoms with Gasteiger partial charge in [0.2, 0.25) is 0 Å². The highest BCUT2D eigenvalue weighted by atomic mass is 16.3. The molecule has 0 aliphatic carbocycles. The molecule has 1 unspecified atom stereocenters. The van der Waals surface area contributed by atoms with Gasteiger partial charge in [-0.25, -0.2) is 0 Å². The van der Waals surface area contributed by atoms with E-state index in [9.17, 15) is 14.7 Å². The molecule has 0 bridgehead atoms. The molecule has 2 amide bonds. The number of aryl methyl sites for hydroxylation is 2. The van der Waals surface area contributed by atoms with E-state index in [-0.39, 0.29) is 6.54 Å². The van der Waals surface area contributed by atoms with Crippen LogP contribution in [0.3, 0.4) is 0 Å². The Bertz CT molecular complexity index is 728. The van der Waals surface area contributed by atoms with Gasteiger partial charge >= 0.3 is 11.8 Å². The summed E-state index contributed by atoms with van der Waals surface area (Å²) in [6.07, 6.45) is -0.0106. The first-order chi connectivity index (χ1) is 11.5. The third-order valence-electron chi connectivity index (χ3n) is 3.68. The quantitative estimate of drug-likeness (QED) is 0.738. The van der Waals surface area contributed by atoms with Gasteiger partial charge in [-0.05, 0) is 36.6 Å². The smallest absolute Gasteiger partial charge is 0.313 e. The molecule has 0 radical (unpaired) electrons. The maximum absolute atomic E-state index is 11.9. The molecule has 0 fully saturated rings. The summed E-state index contributed by atoms with van der Waals surface area (Å²) in [5, 5.41) is 15.1. The van der Waals surface area contributed by atoms with E-state index in [0.29, 0.717) is 11.3 Å². The number of carbonyl (C=O) groups excluding carboxylic acids is 2. The number of rotatable bonds is 5. The van der Waals surface area contributed by atoms with Crippen LogP contribution in [0.25, 0.3) is 0 Å². The summed E-state index contributed by atoms with van der Waals surface area (Å²) in [6.45, 7) is 3.91. The normalized spacial score (nSPS) is 11.6. The van der Waals surface area contributed by atoms with Crippen LogP contribution in [0.2, 0.25) is 0 Å². The lowest BCUT2D eigenvalue weighted by molar-refractivity contribution is -0.136. The minimum atomic E-state index is -0.856. The fourth-order valence-electron chi connectivity index (χ4n) is 2.32. The summed E-state index contributed by atoms with van der Waals surface area (Å²) in [5.74, 6) is -1.52. The zero-order valence-electron chi connectivity index (χ0n) is 13.9. The summed E-state index contributed by atoms with van der Waals surface area (Å²) in [5.41, 5.74) is 3.37. The van der Waals surface area contributed by atoms with Gasteiger partial charge in [0.25, 0.3) is 0 Å². The molecule has 2 aromatic rings. The number of nitrogens with one attached hydrogen (secondary N) is 2. The lowest BCUT2D eigenvalue weighted by Crippen LogP contribution is -2.37. The van der Waals surface area contributed by atoms with E-state index in [1.165, 1.54) is 0 Å². The van der Waals surface area contributed by atoms with Crippen molar-refractivity contribution >= 4 is 17.5 Å². The van der Waals surface area contributed by atoms with E-state index in [4.69, 9.17) is 0 Å². The molecule has 0 aliphatic rings. The van der Waals surface area contributed by atoms with Crippen molar-refractivity contribution < 1.29 is 14.7 Å². The Hall–Kier alpha value is -2.66. The molecule has 24 heavy (non-hydrogen) atoms. The van der Waals surface area contributed by atoms with Crippen LogP contribution in [0.5, 0.6) is 0 Å². The average Bonchev–Trinajstić information content (AvgIpc) is 2.59. The van der Waals surface area contributed by atoms with Crippen molar-refractivity contribution in [1.29, 1.82) is 0 Å². The molecule has 5 heteroatoms. The third-order valence-corrected chi connectivity index (χ3v) is 3.68. The van der Waals surface area contributed by atoms with Crippen molar-refractivity contribution in [3.63, 3.8) is 0 Å². The highest BCUT2D eigenvalue weighted by Gasteiger charge is 2.16. The largest absolute Gasteiger partial charge is 0.387 e. The minimum absolute atomic E-state index is 0.0231. The Morgan fingerprint density at radius 1 is 1.08 bits per heavy atom. The standard InChI is InChI=1S/C19H22N2O3/c1-3-14-7-5-9-16(11-14)21-19(24)18(23)20-12-17(22)15-8-4-6-13(2)10-15/h4-11,17,22H,3,12H2,1-2H3,(H,20,23)(H,21,24). The van der Waals surface area contributed by atoms with Gasteiger partial charge in [0.15, 0.2) is 0 Å². The first-order valence-corrected chi connectivity index (χ1v) is 7.92. The van der Waals surface area contributed by atoms with Crippen LogP contribution < -0.4 is 10.6 Å². The van der Waals surface area contributed by atoms with Crippen LogP contribution in [0.4, 0.5) is 5.69 Å². The molecule has 126 valence electrons. The fraction of sp³-hybridized carbons (Fsp3) is 0.263. The van der Waals surface area contributed by atoms with Gasteiger partial charge in [0.05, 0.1) is 6.10 Å². The predicted molar refractivity (Wildman–Crippen MR) is 93.6 cm³/mol. The van der Waals surface area contributed by atoms with E-state index < -0.39 is 17.9 Å². The number of benzene rings is 2. The summed E-state index contributed by atoms with van der Waals surface area (Å²) in [7, 11) is 0. The summed E-state index contributed by atoms with van der Waals surface area (Å²) >= 11 is 0. The van der Waals surface area contributed by atoms with E-state index in [1.54, 1.807) is 12.1 Å². The highest BCUT2D eigenvalue weighted by Crippen LogP contribution is 2.13. The van der Waals surface area contributed by atoms with Crippen molar-refractivity contribution in [3.05, 3.63) is 65.2 Å². The number of aliphatic hydroxyl groups is 1. The summed E-state index contributed by atoms with van der Waals surface area (Å²) in [4.78, 5) is 23.8. The van der Waals surface area contributed by atoms with Crippen LogP contribution in [0.15, 0.2) is 48.5 Å². The van der Waals surface area contributed by atoms with Crippen LogP contribution in [-0.2, 0) is 16.0 Å². The van der Waals surface area contributed by atoms with Crippen molar-refractivity contribution in [2.45, 2.75) is 26.4 Å². The van der Waals surface area contributed by atoms with E-state index in [0.717, 1.165) is 17.5 Å². The third kappa shape index (κ3) is 4.93. The van der Waals surface area contributed by atoms with Crippen LogP contribution >= 0.6 is 0 Å². The van der Waals surface area contributed by atoms with Crippen molar-refractivity contribution in [1.82, 2.24) is 5.32 Å². The molecule has 2 aromatic carbocycles. The maximum Gasteiger partial charge on any atom is 0.313 e. The van der Waals surface area contributed by atoms with Gasteiger partial charge in [-0.2, -0.15) is 0 Å². The summed E-state index contributed by atoms with van der Waals surface area (Å²) < 4.78 is 0. The molecular formula is C19H22N2O3. The van der Waals surface area contributed by atoms with E-state index >= 15 is 0 Å². The molecule has 1 atom stereocenters. The van der Waals surface area contributed by atoms with Gasteiger partial charge in [-0.3, -0.25) is 9.59 Å². The number of aliphatic hydroxyl groups excluding tert-OH is 1. The Balaban J connectivity index is 1.88. The van der Waals surface area contributed by atoms with Crippen molar-refractivity contribution in [3.8, 4) is 0 Å².